The molecular formula is C14H25NO3. The highest BCUT2D eigenvalue weighted by molar-refractivity contribution is 5.79. The van der Waals surface area contributed by atoms with E-state index in [0.717, 1.165) is 25.7 Å². The average Bonchev–Trinajstić information content (AvgIpc) is 2.81. The molecule has 2 N–H and O–H groups in total. The van der Waals surface area contributed by atoms with E-state index in [4.69, 9.17) is 4.74 Å². The van der Waals surface area contributed by atoms with E-state index in [1.54, 1.807) is 7.11 Å². The Morgan fingerprint density at radius 2 is 1.78 bits per heavy atom. The van der Waals surface area contributed by atoms with Crippen LogP contribution in [-0.4, -0.2) is 36.9 Å². The second kappa shape index (κ2) is 5.57. The van der Waals surface area contributed by atoms with Crippen molar-refractivity contribution in [2.24, 2.45) is 5.41 Å². The third kappa shape index (κ3) is 2.69. The topological polar surface area (TPSA) is 58.6 Å². The van der Waals surface area contributed by atoms with Gasteiger partial charge in [-0.3, -0.25) is 10.1 Å². The van der Waals surface area contributed by atoms with Gasteiger partial charge < -0.3 is 9.84 Å². The van der Waals surface area contributed by atoms with Crippen molar-refractivity contribution in [3.8, 4) is 0 Å². The molecule has 2 fully saturated rings. The molecule has 104 valence electrons. The van der Waals surface area contributed by atoms with E-state index < -0.39 is 11.5 Å². The van der Waals surface area contributed by atoms with Gasteiger partial charge in [-0.05, 0) is 43.9 Å². The molecule has 0 bridgehead atoms. The van der Waals surface area contributed by atoms with Gasteiger partial charge in [-0.15, -0.1) is 0 Å². The molecule has 0 radical (unpaired) electrons. The highest BCUT2D eigenvalue weighted by Crippen LogP contribution is 2.51. The van der Waals surface area contributed by atoms with Crippen LogP contribution in [0.5, 0.6) is 0 Å². The minimum Gasteiger partial charge on any atom is -0.480 e. The second-order valence-corrected chi connectivity index (χ2v) is 6.01. The lowest BCUT2D eigenvalue weighted by Gasteiger charge is -2.43. The lowest BCUT2D eigenvalue weighted by atomic mass is 9.66. The summed E-state index contributed by atoms with van der Waals surface area (Å²) in [7, 11) is 1.64. The molecule has 4 heteroatoms. The first-order valence-electron chi connectivity index (χ1n) is 7.10. The molecule has 2 saturated carbocycles. The maximum absolute atomic E-state index is 11.6. The maximum atomic E-state index is 11.6. The first kappa shape index (κ1) is 13.8. The van der Waals surface area contributed by atoms with Crippen molar-refractivity contribution in [1.29, 1.82) is 0 Å². The molecule has 0 aromatic rings. The standard InChI is InChI=1S/C14H25NO3/c1-18-11-10-15-14(12(16)17)8-6-13(7-9-14)4-2-3-5-13/h15H,2-11H2,1H3,(H,16,17). The fourth-order valence-corrected chi connectivity index (χ4v) is 3.69. The summed E-state index contributed by atoms with van der Waals surface area (Å²) in [5.41, 5.74) is -0.228. The monoisotopic (exact) mass is 255 g/mol. The number of carbonyl (C=O) groups is 1. The Morgan fingerprint density at radius 1 is 1.17 bits per heavy atom. The molecule has 0 aromatic carbocycles. The van der Waals surface area contributed by atoms with Crippen molar-refractivity contribution in [2.45, 2.75) is 56.9 Å². The molecule has 1 spiro atoms. The number of hydrogen-bond donors (Lipinski definition) is 2. The van der Waals surface area contributed by atoms with Gasteiger partial charge in [0.25, 0.3) is 0 Å². The number of methoxy groups -OCH3 is 1. The molecule has 18 heavy (non-hydrogen) atoms. The van der Waals surface area contributed by atoms with E-state index in [-0.39, 0.29) is 0 Å². The summed E-state index contributed by atoms with van der Waals surface area (Å²) in [5, 5.41) is 12.7. The van der Waals surface area contributed by atoms with E-state index in [0.29, 0.717) is 18.6 Å². The van der Waals surface area contributed by atoms with Crippen LogP contribution in [0.2, 0.25) is 0 Å². The number of carboxylic acid groups (broad SMARTS) is 1. The summed E-state index contributed by atoms with van der Waals surface area (Å²) in [6.07, 6.45) is 8.95. The summed E-state index contributed by atoms with van der Waals surface area (Å²) < 4.78 is 5.00. The lowest BCUT2D eigenvalue weighted by molar-refractivity contribution is -0.147. The third-order valence-corrected chi connectivity index (χ3v) is 5.01. The van der Waals surface area contributed by atoms with Gasteiger partial charge in [0.05, 0.1) is 6.61 Å². The van der Waals surface area contributed by atoms with Crippen molar-refractivity contribution >= 4 is 5.97 Å². The second-order valence-electron chi connectivity index (χ2n) is 6.01. The van der Waals surface area contributed by atoms with Crippen LogP contribution in [0.4, 0.5) is 0 Å². The quantitative estimate of drug-likeness (QED) is 0.739. The normalized spacial score (nSPS) is 25.4. The van der Waals surface area contributed by atoms with Crippen LogP contribution in [0, 0.1) is 5.41 Å². The van der Waals surface area contributed by atoms with E-state index in [1.165, 1.54) is 25.7 Å². The van der Waals surface area contributed by atoms with Gasteiger partial charge in [0.2, 0.25) is 0 Å². The van der Waals surface area contributed by atoms with Gasteiger partial charge in [0.1, 0.15) is 5.54 Å². The van der Waals surface area contributed by atoms with Crippen LogP contribution in [0.25, 0.3) is 0 Å². The minimum absolute atomic E-state index is 0.474. The molecule has 0 atom stereocenters. The van der Waals surface area contributed by atoms with Gasteiger partial charge in [0.15, 0.2) is 0 Å². The largest absolute Gasteiger partial charge is 0.480 e. The van der Waals surface area contributed by atoms with Crippen LogP contribution < -0.4 is 5.32 Å². The molecule has 0 aromatic heterocycles. The van der Waals surface area contributed by atoms with Gasteiger partial charge in [0, 0.05) is 13.7 Å². The molecule has 2 aliphatic carbocycles. The Morgan fingerprint density at radius 3 is 2.28 bits per heavy atom. The highest BCUT2D eigenvalue weighted by atomic mass is 16.5. The fourth-order valence-electron chi connectivity index (χ4n) is 3.69. The number of ether oxygens (including phenoxy) is 1. The zero-order chi connectivity index (χ0) is 13.1. The predicted octanol–water partition coefficient (Wildman–Crippen LogP) is 2.18. The Balaban J connectivity index is 1.94. The first-order valence-corrected chi connectivity index (χ1v) is 7.10. The van der Waals surface area contributed by atoms with E-state index >= 15 is 0 Å². The molecule has 2 aliphatic rings. The Hall–Kier alpha value is -0.610. The summed E-state index contributed by atoms with van der Waals surface area (Å²) in [6.45, 7) is 1.19. The average molecular weight is 255 g/mol. The van der Waals surface area contributed by atoms with Crippen LogP contribution in [0.3, 0.4) is 0 Å². The number of aliphatic carboxylic acids is 1. The molecular weight excluding hydrogens is 230 g/mol. The van der Waals surface area contributed by atoms with Crippen molar-refractivity contribution in [2.75, 3.05) is 20.3 Å². The number of carboxylic acids is 1. The highest BCUT2D eigenvalue weighted by Gasteiger charge is 2.47. The SMILES string of the molecule is COCCNC1(C(=O)O)CCC2(CCCC2)CC1. The molecule has 0 amide bonds. The van der Waals surface area contributed by atoms with Crippen LogP contribution in [0.15, 0.2) is 0 Å². The van der Waals surface area contributed by atoms with Gasteiger partial charge in [-0.1, -0.05) is 12.8 Å². The summed E-state index contributed by atoms with van der Waals surface area (Å²) >= 11 is 0. The van der Waals surface area contributed by atoms with Crippen molar-refractivity contribution in [1.82, 2.24) is 5.32 Å². The molecule has 0 heterocycles. The number of rotatable bonds is 5. The maximum Gasteiger partial charge on any atom is 0.323 e. The Kier molecular flexibility index (Phi) is 4.28. The first-order chi connectivity index (χ1) is 8.63. The summed E-state index contributed by atoms with van der Waals surface area (Å²) in [6, 6.07) is 0. The van der Waals surface area contributed by atoms with Crippen LogP contribution in [-0.2, 0) is 9.53 Å². The number of hydrogen-bond acceptors (Lipinski definition) is 3. The summed E-state index contributed by atoms with van der Waals surface area (Å²) in [5.74, 6) is -0.688. The number of nitrogens with one attached hydrogen (secondary N) is 1. The molecule has 4 nitrogen and oxygen atoms in total. The van der Waals surface area contributed by atoms with E-state index in [2.05, 4.69) is 5.32 Å². The fraction of sp³-hybridized carbons (Fsp3) is 0.929. The van der Waals surface area contributed by atoms with Gasteiger partial charge in [-0.25, -0.2) is 0 Å². The molecule has 0 saturated heterocycles. The third-order valence-electron chi connectivity index (χ3n) is 5.01. The van der Waals surface area contributed by atoms with E-state index in [1.807, 2.05) is 0 Å². The molecule has 2 rings (SSSR count). The Bertz CT molecular complexity index is 287. The lowest BCUT2D eigenvalue weighted by Crippen LogP contribution is -2.56. The van der Waals surface area contributed by atoms with Gasteiger partial charge in [-0.2, -0.15) is 0 Å². The van der Waals surface area contributed by atoms with Crippen molar-refractivity contribution in [3.05, 3.63) is 0 Å². The van der Waals surface area contributed by atoms with E-state index in [9.17, 15) is 9.90 Å². The molecule has 0 aliphatic heterocycles. The van der Waals surface area contributed by atoms with Crippen LogP contribution >= 0.6 is 0 Å². The molecule has 0 unspecified atom stereocenters. The minimum atomic E-state index is -0.702. The summed E-state index contributed by atoms with van der Waals surface area (Å²) in [4.78, 5) is 11.6. The van der Waals surface area contributed by atoms with Crippen molar-refractivity contribution in [3.63, 3.8) is 0 Å². The van der Waals surface area contributed by atoms with Crippen molar-refractivity contribution < 1.29 is 14.6 Å². The van der Waals surface area contributed by atoms with Crippen LogP contribution in [0.1, 0.15) is 51.4 Å². The zero-order valence-electron chi connectivity index (χ0n) is 11.3. The van der Waals surface area contributed by atoms with Gasteiger partial charge >= 0.3 is 5.97 Å². The predicted molar refractivity (Wildman–Crippen MR) is 69.6 cm³/mol. The smallest absolute Gasteiger partial charge is 0.323 e. The zero-order valence-corrected chi connectivity index (χ0v) is 11.3. The Labute approximate surface area is 109 Å².